The summed E-state index contributed by atoms with van der Waals surface area (Å²) in [5, 5.41) is 8.86. The van der Waals surface area contributed by atoms with Gasteiger partial charge in [-0.1, -0.05) is 0 Å². The zero-order chi connectivity index (χ0) is 12.8. The molecule has 0 saturated carbocycles. The second kappa shape index (κ2) is 6.06. The minimum Gasteiger partial charge on any atom is -0.396 e. The van der Waals surface area contributed by atoms with Crippen LogP contribution in [0, 0.1) is 11.3 Å². The third kappa shape index (κ3) is 3.93. The molecule has 5 nitrogen and oxygen atoms in total. The number of nitrogens with zero attached hydrogens (tertiary/aromatic N) is 4. The van der Waals surface area contributed by atoms with Gasteiger partial charge in [-0.15, -0.1) is 0 Å². The zero-order valence-electron chi connectivity index (χ0n) is 10.6. The number of hydrogen-bond donors (Lipinski definition) is 1. The molecule has 1 aromatic rings. The van der Waals surface area contributed by atoms with Crippen molar-refractivity contribution < 1.29 is 0 Å². The monoisotopic (exact) mass is 233 g/mol. The molecule has 0 amide bonds. The highest BCUT2D eigenvalue weighted by Crippen LogP contribution is 2.15. The fourth-order valence-corrected chi connectivity index (χ4v) is 1.50. The first-order chi connectivity index (χ1) is 8.04. The molecule has 92 valence electrons. The van der Waals surface area contributed by atoms with Crippen LogP contribution >= 0.6 is 0 Å². The fourth-order valence-electron chi connectivity index (χ4n) is 1.50. The van der Waals surface area contributed by atoms with E-state index in [0.29, 0.717) is 11.4 Å². The van der Waals surface area contributed by atoms with Crippen LogP contribution in [0.15, 0.2) is 12.1 Å². The molecule has 0 aromatic carbocycles. The van der Waals surface area contributed by atoms with Crippen LogP contribution in [-0.2, 0) is 0 Å². The van der Waals surface area contributed by atoms with E-state index in [9.17, 15) is 0 Å². The second-order valence-electron chi connectivity index (χ2n) is 4.30. The molecule has 2 N–H and O–H groups in total. The maximum atomic E-state index is 8.86. The average molecular weight is 233 g/mol. The normalized spacial score (nSPS) is 10.3. The van der Waals surface area contributed by atoms with Crippen molar-refractivity contribution in [2.45, 2.75) is 6.42 Å². The summed E-state index contributed by atoms with van der Waals surface area (Å²) < 4.78 is 0. The van der Waals surface area contributed by atoms with Gasteiger partial charge in [0.1, 0.15) is 11.9 Å². The van der Waals surface area contributed by atoms with Crippen LogP contribution in [0.1, 0.15) is 12.1 Å². The number of hydrogen-bond acceptors (Lipinski definition) is 5. The number of nitrogen functional groups attached to an aromatic ring is 1. The summed E-state index contributed by atoms with van der Waals surface area (Å²) in [6.45, 7) is 1.93. The standard InChI is InChI=1S/C12H19N5/c1-16(2)7-4-8-17(3)12-6-5-10(14)11(9-13)15-12/h5-6H,4,7-8,14H2,1-3H3. The van der Waals surface area contributed by atoms with Crippen LogP contribution in [0.3, 0.4) is 0 Å². The van der Waals surface area contributed by atoms with Crippen LogP contribution in [-0.4, -0.2) is 44.1 Å². The Morgan fingerprint density at radius 3 is 2.59 bits per heavy atom. The third-order valence-electron chi connectivity index (χ3n) is 2.51. The number of nitrogens with two attached hydrogens (primary N) is 1. The smallest absolute Gasteiger partial charge is 0.165 e. The maximum absolute atomic E-state index is 8.86. The van der Waals surface area contributed by atoms with E-state index >= 15 is 0 Å². The first-order valence-electron chi connectivity index (χ1n) is 5.57. The van der Waals surface area contributed by atoms with Gasteiger partial charge in [-0.25, -0.2) is 4.98 Å². The van der Waals surface area contributed by atoms with Crippen molar-refractivity contribution in [1.82, 2.24) is 9.88 Å². The summed E-state index contributed by atoms with van der Waals surface area (Å²) in [6, 6.07) is 5.56. The van der Waals surface area contributed by atoms with Crippen molar-refractivity contribution in [2.24, 2.45) is 0 Å². The molecule has 1 heterocycles. The molecular formula is C12H19N5. The van der Waals surface area contributed by atoms with Crippen LogP contribution in [0.5, 0.6) is 0 Å². The first kappa shape index (κ1) is 13.3. The van der Waals surface area contributed by atoms with Crippen LogP contribution in [0.2, 0.25) is 0 Å². The molecule has 1 rings (SSSR count). The largest absolute Gasteiger partial charge is 0.396 e. The van der Waals surface area contributed by atoms with Gasteiger partial charge in [0.15, 0.2) is 5.69 Å². The summed E-state index contributed by atoms with van der Waals surface area (Å²) in [5.41, 5.74) is 6.35. The van der Waals surface area contributed by atoms with Gasteiger partial charge in [-0.05, 0) is 39.2 Å². The Bertz CT molecular complexity index is 408. The molecule has 1 aromatic heterocycles. The molecule has 0 radical (unpaired) electrons. The summed E-state index contributed by atoms with van der Waals surface area (Å²) in [6.07, 6.45) is 1.05. The Kier molecular flexibility index (Phi) is 4.73. The number of anilines is 2. The Hall–Kier alpha value is -1.80. The van der Waals surface area contributed by atoms with Crippen molar-refractivity contribution in [3.63, 3.8) is 0 Å². The Labute approximate surface area is 102 Å². The number of aromatic nitrogens is 1. The van der Waals surface area contributed by atoms with Crippen LogP contribution in [0.4, 0.5) is 11.5 Å². The van der Waals surface area contributed by atoms with Crippen molar-refractivity contribution in [3.8, 4) is 6.07 Å². The quantitative estimate of drug-likeness (QED) is 0.819. The van der Waals surface area contributed by atoms with Crippen molar-refractivity contribution >= 4 is 11.5 Å². The molecule has 0 atom stereocenters. The van der Waals surface area contributed by atoms with Crippen molar-refractivity contribution in [2.75, 3.05) is 44.9 Å². The summed E-state index contributed by atoms with van der Waals surface area (Å²) in [7, 11) is 6.07. The fraction of sp³-hybridized carbons (Fsp3) is 0.500. The summed E-state index contributed by atoms with van der Waals surface area (Å²) in [4.78, 5) is 8.39. The van der Waals surface area contributed by atoms with E-state index in [-0.39, 0.29) is 0 Å². The molecule has 0 spiro atoms. The van der Waals surface area contributed by atoms with Gasteiger partial charge < -0.3 is 15.5 Å². The number of nitriles is 1. The molecule has 5 heteroatoms. The number of rotatable bonds is 5. The lowest BCUT2D eigenvalue weighted by atomic mass is 10.3. The molecule has 0 aliphatic carbocycles. The second-order valence-corrected chi connectivity index (χ2v) is 4.30. The molecule has 0 saturated heterocycles. The van der Waals surface area contributed by atoms with Crippen LogP contribution < -0.4 is 10.6 Å². The SMILES string of the molecule is CN(C)CCCN(C)c1ccc(N)c(C#N)n1. The maximum Gasteiger partial charge on any atom is 0.165 e. The van der Waals surface area contributed by atoms with Crippen molar-refractivity contribution in [3.05, 3.63) is 17.8 Å². The van der Waals surface area contributed by atoms with E-state index in [0.717, 1.165) is 25.3 Å². The van der Waals surface area contributed by atoms with E-state index in [1.54, 1.807) is 6.07 Å². The van der Waals surface area contributed by atoms with Gasteiger partial charge >= 0.3 is 0 Å². The topological polar surface area (TPSA) is 69.2 Å². The minimum absolute atomic E-state index is 0.293. The molecule has 0 fully saturated rings. The van der Waals surface area contributed by atoms with Gasteiger partial charge in [-0.3, -0.25) is 0 Å². The predicted molar refractivity (Wildman–Crippen MR) is 69.8 cm³/mol. The van der Waals surface area contributed by atoms with E-state index < -0.39 is 0 Å². The third-order valence-corrected chi connectivity index (χ3v) is 2.51. The highest BCUT2D eigenvalue weighted by molar-refractivity contribution is 5.55. The number of pyridine rings is 1. The Balaban J connectivity index is 2.63. The molecular weight excluding hydrogens is 214 g/mol. The highest BCUT2D eigenvalue weighted by atomic mass is 15.2. The van der Waals surface area contributed by atoms with Gasteiger partial charge in [0, 0.05) is 13.6 Å². The average Bonchev–Trinajstić information content (AvgIpc) is 2.29. The molecule has 0 aliphatic rings. The van der Waals surface area contributed by atoms with E-state index in [2.05, 4.69) is 24.0 Å². The molecule has 0 bridgehead atoms. The summed E-state index contributed by atoms with van der Waals surface area (Å²) in [5.74, 6) is 0.787. The van der Waals surface area contributed by atoms with E-state index in [1.165, 1.54) is 0 Å². The lowest BCUT2D eigenvalue weighted by Gasteiger charge is -2.19. The van der Waals surface area contributed by atoms with Gasteiger partial charge in [-0.2, -0.15) is 5.26 Å². The lowest BCUT2D eigenvalue weighted by Crippen LogP contribution is -2.24. The predicted octanol–water partition coefficient (Wildman–Crippen LogP) is 0.923. The van der Waals surface area contributed by atoms with Crippen molar-refractivity contribution in [1.29, 1.82) is 5.26 Å². The Morgan fingerprint density at radius 1 is 1.29 bits per heavy atom. The molecule has 17 heavy (non-hydrogen) atoms. The first-order valence-corrected chi connectivity index (χ1v) is 5.57. The minimum atomic E-state index is 0.293. The lowest BCUT2D eigenvalue weighted by molar-refractivity contribution is 0.401. The van der Waals surface area contributed by atoms with Gasteiger partial charge in [0.05, 0.1) is 5.69 Å². The molecule has 0 aliphatic heterocycles. The van der Waals surface area contributed by atoms with E-state index in [1.807, 2.05) is 24.1 Å². The zero-order valence-corrected chi connectivity index (χ0v) is 10.6. The van der Waals surface area contributed by atoms with Gasteiger partial charge in [0.2, 0.25) is 0 Å². The van der Waals surface area contributed by atoms with Crippen LogP contribution in [0.25, 0.3) is 0 Å². The van der Waals surface area contributed by atoms with E-state index in [4.69, 9.17) is 11.0 Å². The Morgan fingerprint density at radius 2 is 2.00 bits per heavy atom. The summed E-state index contributed by atoms with van der Waals surface area (Å²) >= 11 is 0. The molecule has 0 unspecified atom stereocenters. The van der Waals surface area contributed by atoms with Gasteiger partial charge in [0.25, 0.3) is 0 Å². The highest BCUT2D eigenvalue weighted by Gasteiger charge is 2.06.